The van der Waals surface area contributed by atoms with Gasteiger partial charge in [-0.15, -0.1) is 0 Å². The van der Waals surface area contributed by atoms with E-state index in [0.717, 1.165) is 36.1 Å². The number of fused-ring (bicyclic) bond motifs is 1. The first kappa shape index (κ1) is 12.6. The van der Waals surface area contributed by atoms with E-state index in [1.54, 1.807) is 0 Å². The van der Waals surface area contributed by atoms with Gasteiger partial charge in [-0.05, 0) is 31.9 Å². The highest BCUT2D eigenvalue weighted by atomic mass is 16.5. The maximum absolute atomic E-state index is 6.29. The topological polar surface area (TPSA) is 53.1 Å². The number of aryl methyl sites for hydroxylation is 1. The minimum Gasteiger partial charge on any atom is -0.374 e. The van der Waals surface area contributed by atoms with E-state index >= 15 is 0 Å². The van der Waals surface area contributed by atoms with E-state index in [-0.39, 0.29) is 12.1 Å². The number of imidazole rings is 1. The predicted molar refractivity (Wildman–Crippen MR) is 76.0 cm³/mol. The number of nitrogens with two attached hydrogens (primary N) is 1. The number of benzene rings is 1. The van der Waals surface area contributed by atoms with E-state index in [4.69, 9.17) is 10.5 Å². The van der Waals surface area contributed by atoms with Gasteiger partial charge in [-0.1, -0.05) is 12.1 Å². The Morgan fingerprint density at radius 1 is 1.42 bits per heavy atom. The minimum atomic E-state index is 0.0282. The van der Waals surface area contributed by atoms with Crippen molar-refractivity contribution in [3.63, 3.8) is 0 Å². The molecule has 3 rings (SSSR count). The van der Waals surface area contributed by atoms with Gasteiger partial charge in [0.15, 0.2) is 0 Å². The molecule has 0 saturated carbocycles. The average molecular weight is 259 g/mol. The molecule has 1 saturated heterocycles. The second-order valence-corrected chi connectivity index (χ2v) is 5.51. The van der Waals surface area contributed by atoms with Crippen molar-refractivity contribution >= 4 is 11.0 Å². The molecule has 0 radical (unpaired) electrons. The molecule has 102 valence electrons. The van der Waals surface area contributed by atoms with Crippen LogP contribution in [-0.2, 0) is 18.2 Å². The molecule has 1 aromatic heterocycles. The van der Waals surface area contributed by atoms with Crippen LogP contribution in [0.25, 0.3) is 11.0 Å². The molecule has 2 aromatic rings. The summed E-state index contributed by atoms with van der Waals surface area (Å²) in [5.74, 6) is 1.04. The van der Waals surface area contributed by atoms with Crippen LogP contribution in [0.4, 0.5) is 0 Å². The molecule has 4 heteroatoms. The quantitative estimate of drug-likeness (QED) is 0.917. The lowest BCUT2D eigenvalue weighted by atomic mass is 10.1. The molecule has 0 amide bonds. The van der Waals surface area contributed by atoms with Gasteiger partial charge in [0.25, 0.3) is 0 Å². The number of ether oxygens (including phenoxy) is 1. The molecule has 1 fully saturated rings. The van der Waals surface area contributed by atoms with Crippen LogP contribution in [0.5, 0.6) is 0 Å². The Morgan fingerprint density at radius 3 is 2.89 bits per heavy atom. The van der Waals surface area contributed by atoms with Crippen LogP contribution in [0.15, 0.2) is 24.3 Å². The number of rotatable bonds is 3. The van der Waals surface area contributed by atoms with Crippen molar-refractivity contribution in [2.75, 3.05) is 0 Å². The van der Waals surface area contributed by atoms with E-state index in [1.807, 2.05) is 18.2 Å². The molecule has 19 heavy (non-hydrogen) atoms. The summed E-state index contributed by atoms with van der Waals surface area (Å²) < 4.78 is 7.98. The highest BCUT2D eigenvalue weighted by molar-refractivity contribution is 5.75. The van der Waals surface area contributed by atoms with E-state index in [0.29, 0.717) is 6.10 Å². The first-order valence-corrected chi connectivity index (χ1v) is 6.96. The molecule has 1 aliphatic heterocycles. The van der Waals surface area contributed by atoms with Crippen molar-refractivity contribution in [2.24, 2.45) is 12.8 Å². The number of nitrogens with zero attached hydrogens (tertiary/aromatic N) is 2. The third-order valence-electron chi connectivity index (χ3n) is 4.04. The van der Waals surface area contributed by atoms with Gasteiger partial charge in [0.05, 0.1) is 23.2 Å². The summed E-state index contributed by atoms with van der Waals surface area (Å²) in [5, 5.41) is 0. The van der Waals surface area contributed by atoms with Gasteiger partial charge in [0.2, 0.25) is 0 Å². The molecule has 0 bridgehead atoms. The molecule has 1 aromatic carbocycles. The summed E-state index contributed by atoms with van der Waals surface area (Å²) in [4.78, 5) is 4.67. The molecule has 1 aliphatic rings. The Morgan fingerprint density at radius 2 is 2.21 bits per heavy atom. The van der Waals surface area contributed by atoms with Crippen LogP contribution in [0.3, 0.4) is 0 Å². The van der Waals surface area contributed by atoms with Gasteiger partial charge >= 0.3 is 0 Å². The van der Waals surface area contributed by atoms with Crippen molar-refractivity contribution in [1.29, 1.82) is 0 Å². The second-order valence-electron chi connectivity index (χ2n) is 5.51. The molecular weight excluding hydrogens is 238 g/mol. The Kier molecular flexibility index (Phi) is 3.29. The standard InChI is InChI=1S/C15H21N3O/c1-10-7-8-14(19-10)11(16)9-15-17-12-5-3-4-6-13(12)18(15)2/h3-6,10-11,14H,7-9,16H2,1-2H3. The molecular formula is C15H21N3O. The highest BCUT2D eigenvalue weighted by Gasteiger charge is 2.28. The van der Waals surface area contributed by atoms with Crippen molar-refractivity contribution in [1.82, 2.24) is 9.55 Å². The van der Waals surface area contributed by atoms with E-state index in [1.165, 1.54) is 0 Å². The summed E-state index contributed by atoms with van der Waals surface area (Å²) >= 11 is 0. The summed E-state index contributed by atoms with van der Waals surface area (Å²) in [7, 11) is 2.05. The number of para-hydroxylation sites is 2. The fourth-order valence-electron chi connectivity index (χ4n) is 2.87. The normalized spacial score (nSPS) is 25.0. The lowest BCUT2D eigenvalue weighted by molar-refractivity contribution is 0.0400. The Bertz CT molecular complexity index is 578. The van der Waals surface area contributed by atoms with Gasteiger partial charge in [-0.25, -0.2) is 4.98 Å². The lowest BCUT2D eigenvalue weighted by Gasteiger charge is -2.19. The Hall–Kier alpha value is -1.39. The van der Waals surface area contributed by atoms with Crippen LogP contribution >= 0.6 is 0 Å². The average Bonchev–Trinajstić information content (AvgIpc) is 2.96. The molecule has 0 aliphatic carbocycles. The zero-order valence-corrected chi connectivity index (χ0v) is 11.5. The molecule has 3 atom stereocenters. The van der Waals surface area contributed by atoms with Crippen LogP contribution in [0.2, 0.25) is 0 Å². The third kappa shape index (κ3) is 2.38. The molecule has 3 unspecified atom stereocenters. The fourth-order valence-corrected chi connectivity index (χ4v) is 2.87. The third-order valence-corrected chi connectivity index (χ3v) is 4.04. The van der Waals surface area contributed by atoms with Crippen molar-refractivity contribution in [2.45, 2.75) is 44.4 Å². The summed E-state index contributed by atoms with van der Waals surface area (Å²) in [6.45, 7) is 2.11. The van der Waals surface area contributed by atoms with Crippen LogP contribution in [0, 0.1) is 0 Å². The molecule has 4 nitrogen and oxygen atoms in total. The first-order chi connectivity index (χ1) is 9.15. The summed E-state index contributed by atoms with van der Waals surface area (Å²) in [6, 6.07) is 8.21. The largest absolute Gasteiger partial charge is 0.374 e. The monoisotopic (exact) mass is 259 g/mol. The van der Waals surface area contributed by atoms with Gasteiger partial charge in [-0.2, -0.15) is 0 Å². The van der Waals surface area contributed by atoms with Crippen LogP contribution in [-0.4, -0.2) is 27.8 Å². The smallest absolute Gasteiger partial charge is 0.111 e. The zero-order chi connectivity index (χ0) is 13.4. The molecule has 2 N–H and O–H groups in total. The van der Waals surface area contributed by atoms with Crippen molar-refractivity contribution in [3.8, 4) is 0 Å². The number of hydrogen-bond acceptors (Lipinski definition) is 3. The maximum atomic E-state index is 6.29. The lowest BCUT2D eigenvalue weighted by Crippen LogP contribution is -2.37. The first-order valence-electron chi connectivity index (χ1n) is 6.96. The van der Waals surface area contributed by atoms with Crippen LogP contribution < -0.4 is 5.73 Å². The molecule has 0 spiro atoms. The number of hydrogen-bond donors (Lipinski definition) is 1. The minimum absolute atomic E-state index is 0.0282. The predicted octanol–water partition coefficient (Wildman–Crippen LogP) is 2.01. The van der Waals surface area contributed by atoms with Crippen molar-refractivity contribution < 1.29 is 4.74 Å². The summed E-state index contributed by atoms with van der Waals surface area (Å²) in [5.41, 5.74) is 8.48. The highest BCUT2D eigenvalue weighted by Crippen LogP contribution is 2.23. The fraction of sp³-hybridized carbons (Fsp3) is 0.533. The van der Waals surface area contributed by atoms with E-state index < -0.39 is 0 Å². The second kappa shape index (κ2) is 4.94. The Labute approximate surface area is 113 Å². The van der Waals surface area contributed by atoms with Gasteiger partial charge < -0.3 is 15.0 Å². The van der Waals surface area contributed by atoms with Gasteiger partial charge in [0.1, 0.15) is 5.82 Å². The van der Waals surface area contributed by atoms with Gasteiger partial charge in [-0.3, -0.25) is 0 Å². The SMILES string of the molecule is CC1CCC(C(N)Cc2nc3ccccc3n2C)O1. The van der Waals surface area contributed by atoms with E-state index in [2.05, 4.69) is 29.6 Å². The van der Waals surface area contributed by atoms with E-state index in [9.17, 15) is 0 Å². The number of aromatic nitrogens is 2. The van der Waals surface area contributed by atoms with Gasteiger partial charge in [0, 0.05) is 19.5 Å². The van der Waals surface area contributed by atoms with Crippen molar-refractivity contribution in [3.05, 3.63) is 30.1 Å². The zero-order valence-electron chi connectivity index (χ0n) is 11.5. The maximum Gasteiger partial charge on any atom is 0.111 e. The van der Waals surface area contributed by atoms with Crippen LogP contribution in [0.1, 0.15) is 25.6 Å². The molecule has 2 heterocycles. The Balaban J connectivity index is 1.79. The summed E-state index contributed by atoms with van der Waals surface area (Å²) in [6.07, 6.45) is 3.46.